The first-order chi connectivity index (χ1) is 8.24. The van der Waals surface area contributed by atoms with Crippen LogP contribution in [0.15, 0.2) is 18.2 Å². The molecule has 0 bridgehead atoms. The normalized spacial score (nSPS) is 10.2. The molecule has 10 heteroatoms. The molecule has 0 aromatic heterocycles. The molecule has 0 aliphatic carbocycles. The van der Waals surface area contributed by atoms with Crippen molar-refractivity contribution in [1.82, 2.24) is 0 Å². The fourth-order valence-corrected chi connectivity index (χ4v) is 1.60. The summed E-state index contributed by atoms with van der Waals surface area (Å²) >= 11 is 0. The van der Waals surface area contributed by atoms with Crippen molar-refractivity contribution in [3.63, 3.8) is 0 Å². The maximum absolute atomic E-state index is 11.3. The van der Waals surface area contributed by atoms with Crippen LogP contribution >= 0.6 is 0 Å². The second kappa shape index (κ2) is 6.85. The summed E-state index contributed by atoms with van der Waals surface area (Å²) in [6, 6.07) is 2.94. The van der Waals surface area contributed by atoms with Crippen molar-refractivity contribution in [2.24, 2.45) is 0 Å². The zero-order valence-electron chi connectivity index (χ0n) is 9.45. The molecule has 0 saturated carbocycles. The third kappa shape index (κ3) is 5.15. The van der Waals surface area contributed by atoms with Gasteiger partial charge in [0.15, 0.2) is 5.75 Å². The van der Waals surface area contributed by atoms with Crippen LogP contribution in [0.3, 0.4) is 0 Å². The van der Waals surface area contributed by atoms with Crippen molar-refractivity contribution >= 4 is 51.3 Å². The van der Waals surface area contributed by atoms with Crippen LogP contribution in [-0.2, 0) is 14.9 Å². The summed E-state index contributed by atoms with van der Waals surface area (Å²) in [4.78, 5) is 21.1. The SMILES string of the molecule is COC(=O)c1ccc([N+](=O)[O-])cc1OS(C)(=O)=O.[NaH]. The fourth-order valence-electron chi connectivity index (χ4n) is 1.14. The molecule has 0 heterocycles. The van der Waals surface area contributed by atoms with Gasteiger partial charge in [0.25, 0.3) is 5.69 Å². The van der Waals surface area contributed by atoms with Gasteiger partial charge in [-0.05, 0) is 6.07 Å². The predicted octanol–water partition coefficient (Wildman–Crippen LogP) is 0.0713. The summed E-state index contributed by atoms with van der Waals surface area (Å²) in [5, 5.41) is 10.6. The topological polar surface area (TPSA) is 113 Å². The number of esters is 1. The number of nitrogens with zero attached hydrogens (tertiary/aromatic N) is 1. The van der Waals surface area contributed by atoms with E-state index in [0.29, 0.717) is 0 Å². The zero-order valence-corrected chi connectivity index (χ0v) is 10.3. The minimum atomic E-state index is -3.91. The molecule has 100 valence electrons. The Bertz CT molecular complexity index is 599. The summed E-state index contributed by atoms with van der Waals surface area (Å²) < 4.78 is 30.9. The molecule has 0 aliphatic rings. The summed E-state index contributed by atoms with van der Waals surface area (Å²) in [7, 11) is -2.82. The quantitative estimate of drug-likeness (QED) is 0.254. The molecule has 1 aromatic carbocycles. The van der Waals surface area contributed by atoms with E-state index in [1.54, 1.807) is 0 Å². The third-order valence-electron chi connectivity index (χ3n) is 1.82. The van der Waals surface area contributed by atoms with Gasteiger partial charge in [0.1, 0.15) is 5.56 Å². The maximum atomic E-state index is 11.3. The van der Waals surface area contributed by atoms with Gasteiger partial charge in [0.2, 0.25) is 0 Å². The molecule has 0 N–H and O–H groups in total. The van der Waals surface area contributed by atoms with Gasteiger partial charge in [0.05, 0.1) is 24.4 Å². The molecule has 0 saturated heterocycles. The van der Waals surface area contributed by atoms with Crippen LogP contribution in [0.4, 0.5) is 5.69 Å². The Balaban J connectivity index is 0.00000324. The Hall–Kier alpha value is -1.16. The standard InChI is InChI=1S/C9H9NO7S.Na.H/c1-16-9(11)7-4-3-6(10(12)13)5-8(7)17-18(2,14)15;;/h3-5H,1-2H3;;. The fraction of sp³-hybridized carbons (Fsp3) is 0.222. The van der Waals surface area contributed by atoms with E-state index in [-0.39, 0.29) is 35.1 Å². The van der Waals surface area contributed by atoms with Gasteiger partial charge >= 0.3 is 45.6 Å². The number of nitro benzene ring substituents is 1. The van der Waals surface area contributed by atoms with E-state index in [9.17, 15) is 23.3 Å². The summed E-state index contributed by atoms with van der Waals surface area (Å²) in [6.07, 6.45) is 0.757. The average Bonchev–Trinajstić information content (AvgIpc) is 2.25. The Morgan fingerprint density at radius 2 is 1.95 bits per heavy atom. The first kappa shape index (κ1) is 17.8. The molecule has 0 unspecified atom stereocenters. The summed E-state index contributed by atoms with van der Waals surface area (Å²) in [5.41, 5.74) is -0.616. The summed E-state index contributed by atoms with van der Waals surface area (Å²) in [5.74, 6) is -1.30. The number of ether oxygens (including phenoxy) is 1. The van der Waals surface area contributed by atoms with Crippen molar-refractivity contribution < 1.29 is 27.1 Å². The summed E-state index contributed by atoms with van der Waals surface area (Å²) in [6.45, 7) is 0. The van der Waals surface area contributed by atoms with Gasteiger partial charge < -0.3 is 8.92 Å². The number of hydrogen-bond acceptors (Lipinski definition) is 7. The Morgan fingerprint density at radius 1 is 1.37 bits per heavy atom. The van der Waals surface area contributed by atoms with Crippen molar-refractivity contribution in [2.45, 2.75) is 0 Å². The molecule has 0 atom stereocenters. The average molecular weight is 299 g/mol. The molecule has 0 aliphatic heterocycles. The zero-order chi connectivity index (χ0) is 13.9. The van der Waals surface area contributed by atoms with Gasteiger partial charge in [-0.3, -0.25) is 10.1 Å². The molecule has 0 spiro atoms. The molecule has 8 nitrogen and oxygen atoms in total. The van der Waals surface area contributed by atoms with Crippen LogP contribution in [0.25, 0.3) is 0 Å². The number of methoxy groups -OCH3 is 1. The van der Waals surface area contributed by atoms with Gasteiger partial charge in [-0.15, -0.1) is 0 Å². The first-order valence-electron chi connectivity index (χ1n) is 4.51. The Morgan fingerprint density at radius 3 is 2.37 bits per heavy atom. The molecular formula is C9H10NNaO7S. The molecular weight excluding hydrogens is 289 g/mol. The van der Waals surface area contributed by atoms with Crippen LogP contribution in [0.5, 0.6) is 5.75 Å². The minimum absolute atomic E-state index is 0. The van der Waals surface area contributed by atoms with E-state index >= 15 is 0 Å². The van der Waals surface area contributed by atoms with Crippen molar-refractivity contribution in [2.75, 3.05) is 13.4 Å². The number of non-ortho nitro benzene ring substituents is 1. The predicted molar refractivity (Wildman–Crippen MR) is 67.1 cm³/mol. The van der Waals surface area contributed by atoms with E-state index in [0.717, 1.165) is 31.6 Å². The van der Waals surface area contributed by atoms with Crippen LogP contribution < -0.4 is 4.18 Å². The number of benzene rings is 1. The van der Waals surface area contributed by atoms with Crippen LogP contribution in [0.2, 0.25) is 0 Å². The Kier molecular flexibility index (Phi) is 6.43. The molecule has 1 aromatic rings. The number of carbonyl (C=O) groups is 1. The van der Waals surface area contributed by atoms with E-state index < -0.39 is 32.4 Å². The second-order valence-electron chi connectivity index (χ2n) is 3.22. The van der Waals surface area contributed by atoms with E-state index in [4.69, 9.17) is 0 Å². The molecule has 0 radical (unpaired) electrons. The van der Waals surface area contributed by atoms with E-state index in [1.165, 1.54) is 0 Å². The number of nitro groups is 1. The molecule has 1 rings (SSSR count). The van der Waals surface area contributed by atoms with Gasteiger partial charge in [-0.2, -0.15) is 8.42 Å². The van der Waals surface area contributed by atoms with Crippen LogP contribution in [0, 0.1) is 10.1 Å². The second-order valence-corrected chi connectivity index (χ2v) is 4.79. The van der Waals surface area contributed by atoms with Crippen LogP contribution in [-0.4, -0.2) is 62.2 Å². The van der Waals surface area contributed by atoms with E-state index in [1.807, 2.05) is 0 Å². The van der Waals surface area contributed by atoms with Gasteiger partial charge in [0, 0.05) is 6.07 Å². The monoisotopic (exact) mass is 299 g/mol. The third-order valence-corrected chi connectivity index (χ3v) is 2.30. The van der Waals surface area contributed by atoms with E-state index in [2.05, 4.69) is 8.92 Å². The molecule has 0 amide bonds. The van der Waals surface area contributed by atoms with Crippen molar-refractivity contribution in [3.05, 3.63) is 33.9 Å². The Labute approximate surface area is 131 Å². The number of hydrogen-bond donors (Lipinski definition) is 0. The number of rotatable bonds is 4. The van der Waals surface area contributed by atoms with Gasteiger partial charge in [-0.25, -0.2) is 4.79 Å². The first-order valence-corrected chi connectivity index (χ1v) is 6.32. The van der Waals surface area contributed by atoms with Crippen LogP contribution in [0.1, 0.15) is 10.4 Å². The molecule has 0 fully saturated rings. The van der Waals surface area contributed by atoms with Gasteiger partial charge in [-0.1, -0.05) is 0 Å². The van der Waals surface area contributed by atoms with Crippen molar-refractivity contribution in [3.8, 4) is 5.75 Å². The number of carbonyl (C=O) groups excluding carboxylic acids is 1. The molecule has 19 heavy (non-hydrogen) atoms. The van der Waals surface area contributed by atoms with Crippen molar-refractivity contribution in [1.29, 1.82) is 0 Å².